The van der Waals surface area contributed by atoms with Crippen LogP contribution in [0.25, 0.3) is 0 Å². The van der Waals surface area contributed by atoms with Crippen molar-refractivity contribution in [1.29, 1.82) is 0 Å². The molecule has 2 aliphatic carbocycles. The van der Waals surface area contributed by atoms with Crippen LogP contribution >= 0.6 is 0 Å². The molecule has 0 aliphatic heterocycles. The van der Waals surface area contributed by atoms with E-state index in [1.54, 1.807) is 0 Å². The smallest absolute Gasteiger partial charge is 0.0653 e. The van der Waals surface area contributed by atoms with Gasteiger partial charge in [-0.15, -0.1) is 0 Å². The first-order valence-electron chi connectivity index (χ1n) is 6.41. The molecule has 0 heterocycles. The van der Waals surface area contributed by atoms with Crippen LogP contribution in [0.5, 0.6) is 0 Å². The van der Waals surface area contributed by atoms with Gasteiger partial charge in [0.1, 0.15) is 0 Å². The molecule has 0 saturated heterocycles. The molecule has 1 heteroatoms. The first-order chi connectivity index (χ1) is 7.02. The van der Waals surface area contributed by atoms with Gasteiger partial charge in [-0.3, -0.25) is 0 Å². The van der Waals surface area contributed by atoms with Crippen molar-refractivity contribution < 1.29 is 5.11 Å². The third kappa shape index (κ3) is 1.99. The van der Waals surface area contributed by atoms with E-state index >= 15 is 0 Å². The molecular weight excluding hydrogens is 184 g/mol. The Morgan fingerprint density at radius 2 is 2.07 bits per heavy atom. The van der Waals surface area contributed by atoms with Crippen molar-refractivity contribution in [1.82, 2.24) is 0 Å². The van der Waals surface area contributed by atoms with Crippen molar-refractivity contribution in [3.63, 3.8) is 0 Å². The van der Waals surface area contributed by atoms with Crippen molar-refractivity contribution in [2.45, 2.75) is 52.1 Å². The Bertz CT molecular complexity index is 252. The Kier molecular flexibility index (Phi) is 2.94. The van der Waals surface area contributed by atoms with Gasteiger partial charge in [0.15, 0.2) is 0 Å². The van der Waals surface area contributed by atoms with Gasteiger partial charge >= 0.3 is 0 Å². The Morgan fingerprint density at radius 1 is 1.33 bits per heavy atom. The van der Waals surface area contributed by atoms with Crippen LogP contribution in [-0.4, -0.2) is 10.7 Å². The minimum Gasteiger partial charge on any atom is -0.390 e. The highest BCUT2D eigenvalue weighted by atomic mass is 16.3. The van der Waals surface area contributed by atoms with Crippen LogP contribution in [0.2, 0.25) is 0 Å². The molecule has 1 saturated carbocycles. The Labute approximate surface area is 93.6 Å². The number of rotatable bonds is 1. The molecule has 0 spiro atoms. The van der Waals surface area contributed by atoms with E-state index in [0.29, 0.717) is 11.8 Å². The van der Waals surface area contributed by atoms with Crippen LogP contribution in [0.15, 0.2) is 12.2 Å². The second-order valence-electron chi connectivity index (χ2n) is 5.99. The van der Waals surface area contributed by atoms with E-state index in [2.05, 4.69) is 26.0 Å². The van der Waals surface area contributed by atoms with Gasteiger partial charge in [0.25, 0.3) is 0 Å². The molecule has 1 N–H and O–H groups in total. The fourth-order valence-corrected chi connectivity index (χ4v) is 3.64. The van der Waals surface area contributed by atoms with E-state index in [-0.39, 0.29) is 0 Å². The zero-order valence-corrected chi connectivity index (χ0v) is 10.2. The van der Waals surface area contributed by atoms with E-state index < -0.39 is 5.60 Å². The summed E-state index contributed by atoms with van der Waals surface area (Å²) in [5.41, 5.74) is -0.416. The minimum atomic E-state index is -0.416. The Hall–Kier alpha value is -0.300. The second-order valence-corrected chi connectivity index (χ2v) is 5.99. The molecule has 0 aromatic heterocycles. The normalized spacial score (nSPS) is 45.5. The maximum Gasteiger partial charge on any atom is 0.0653 e. The fraction of sp³-hybridized carbons (Fsp3) is 0.857. The summed E-state index contributed by atoms with van der Waals surface area (Å²) in [7, 11) is 0. The molecule has 0 aromatic carbocycles. The predicted octanol–water partition coefficient (Wildman–Crippen LogP) is 3.39. The highest BCUT2D eigenvalue weighted by molar-refractivity contribution is 5.07. The Balaban J connectivity index is 2.22. The van der Waals surface area contributed by atoms with Gasteiger partial charge < -0.3 is 5.11 Å². The molecule has 15 heavy (non-hydrogen) atoms. The standard InChI is InChI=1S/C14H24O/c1-10(2)11-8-9-14(3,15)13-7-5-4-6-12(11)13/h4,6,10-13,15H,5,7-9H2,1-3H3. The van der Waals surface area contributed by atoms with Crippen molar-refractivity contribution >= 4 is 0 Å². The van der Waals surface area contributed by atoms with Gasteiger partial charge in [0.05, 0.1) is 5.60 Å². The summed E-state index contributed by atoms with van der Waals surface area (Å²) >= 11 is 0. The van der Waals surface area contributed by atoms with Gasteiger partial charge in [-0.1, -0.05) is 26.0 Å². The maximum atomic E-state index is 10.4. The lowest BCUT2D eigenvalue weighted by molar-refractivity contribution is -0.0800. The fourth-order valence-electron chi connectivity index (χ4n) is 3.64. The molecule has 0 bridgehead atoms. The molecule has 0 radical (unpaired) electrons. The summed E-state index contributed by atoms with van der Waals surface area (Å²) in [5.74, 6) is 2.66. The molecule has 0 aromatic rings. The van der Waals surface area contributed by atoms with Crippen LogP contribution in [0, 0.1) is 23.7 Å². The average molecular weight is 208 g/mol. The molecule has 0 amide bonds. The molecule has 1 fully saturated rings. The van der Waals surface area contributed by atoms with E-state index in [1.165, 1.54) is 12.8 Å². The third-order valence-electron chi connectivity index (χ3n) is 4.60. The average Bonchev–Trinajstić information content (AvgIpc) is 2.17. The molecule has 4 atom stereocenters. The van der Waals surface area contributed by atoms with Gasteiger partial charge in [0.2, 0.25) is 0 Å². The van der Waals surface area contributed by atoms with Crippen LogP contribution in [0.3, 0.4) is 0 Å². The lowest BCUT2D eigenvalue weighted by atomic mass is 9.59. The van der Waals surface area contributed by atoms with Gasteiger partial charge in [0, 0.05) is 0 Å². The summed E-state index contributed by atoms with van der Waals surface area (Å²) in [6, 6.07) is 0. The number of fused-ring (bicyclic) bond motifs is 1. The molecule has 2 aliphatic rings. The summed E-state index contributed by atoms with van der Waals surface area (Å²) in [4.78, 5) is 0. The van der Waals surface area contributed by atoms with Crippen LogP contribution in [0.4, 0.5) is 0 Å². The molecule has 1 nitrogen and oxygen atoms in total. The highest BCUT2D eigenvalue weighted by Gasteiger charge is 2.45. The summed E-state index contributed by atoms with van der Waals surface area (Å²) in [6.07, 6.45) is 9.21. The van der Waals surface area contributed by atoms with Crippen molar-refractivity contribution in [2.75, 3.05) is 0 Å². The van der Waals surface area contributed by atoms with Crippen molar-refractivity contribution in [2.24, 2.45) is 23.7 Å². The monoisotopic (exact) mass is 208 g/mol. The van der Waals surface area contributed by atoms with Gasteiger partial charge in [-0.05, 0) is 56.3 Å². The highest BCUT2D eigenvalue weighted by Crippen LogP contribution is 2.48. The SMILES string of the molecule is CC(C)C1CCC(C)(O)C2CCC=CC12. The topological polar surface area (TPSA) is 20.2 Å². The third-order valence-corrected chi connectivity index (χ3v) is 4.60. The number of hydrogen-bond donors (Lipinski definition) is 1. The number of aliphatic hydroxyl groups is 1. The quantitative estimate of drug-likeness (QED) is 0.655. The first kappa shape index (κ1) is 11.2. The van der Waals surface area contributed by atoms with Gasteiger partial charge in [-0.2, -0.15) is 0 Å². The molecular formula is C14H24O. The Morgan fingerprint density at radius 3 is 2.73 bits per heavy atom. The first-order valence-corrected chi connectivity index (χ1v) is 6.41. The zero-order chi connectivity index (χ0) is 11.1. The van der Waals surface area contributed by atoms with E-state index in [1.807, 2.05) is 6.92 Å². The molecule has 4 unspecified atom stereocenters. The predicted molar refractivity (Wildman–Crippen MR) is 63.5 cm³/mol. The number of allylic oxidation sites excluding steroid dienone is 2. The largest absolute Gasteiger partial charge is 0.390 e. The number of hydrogen-bond acceptors (Lipinski definition) is 1. The lowest BCUT2D eigenvalue weighted by Gasteiger charge is -2.48. The van der Waals surface area contributed by atoms with Crippen LogP contribution in [-0.2, 0) is 0 Å². The van der Waals surface area contributed by atoms with E-state index in [0.717, 1.165) is 24.7 Å². The van der Waals surface area contributed by atoms with Gasteiger partial charge in [-0.25, -0.2) is 0 Å². The summed E-state index contributed by atoms with van der Waals surface area (Å²) in [6.45, 7) is 6.69. The summed E-state index contributed by atoms with van der Waals surface area (Å²) < 4.78 is 0. The van der Waals surface area contributed by atoms with Crippen molar-refractivity contribution in [3.05, 3.63) is 12.2 Å². The van der Waals surface area contributed by atoms with E-state index in [9.17, 15) is 5.11 Å². The second kappa shape index (κ2) is 3.93. The van der Waals surface area contributed by atoms with Crippen molar-refractivity contribution in [3.8, 4) is 0 Å². The summed E-state index contributed by atoms with van der Waals surface area (Å²) in [5, 5.41) is 10.4. The lowest BCUT2D eigenvalue weighted by Crippen LogP contribution is -2.47. The maximum absolute atomic E-state index is 10.4. The zero-order valence-electron chi connectivity index (χ0n) is 10.2. The minimum absolute atomic E-state index is 0.416. The van der Waals surface area contributed by atoms with Crippen LogP contribution < -0.4 is 0 Å². The molecule has 2 rings (SSSR count). The van der Waals surface area contributed by atoms with E-state index in [4.69, 9.17) is 0 Å². The van der Waals surface area contributed by atoms with Crippen LogP contribution in [0.1, 0.15) is 46.5 Å². The molecule has 86 valence electrons.